The zero-order valence-corrected chi connectivity index (χ0v) is 9.17. The minimum absolute atomic E-state index is 0.135. The third-order valence-electron chi connectivity index (χ3n) is 2.21. The van der Waals surface area contributed by atoms with E-state index < -0.39 is 11.7 Å². The van der Waals surface area contributed by atoms with Crippen LogP contribution >= 0.6 is 0 Å². The van der Waals surface area contributed by atoms with E-state index in [1.807, 2.05) is 0 Å². The zero-order valence-electron chi connectivity index (χ0n) is 9.17. The Morgan fingerprint density at radius 3 is 2.59 bits per heavy atom. The van der Waals surface area contributed by atoms with Crippen molar-refractivity contribution in [3.8, 4) is 6.07 Å². The van der Waals surface area contributed by atoms with E-state index in [2.05, 4.69) is 5.32 Å². The molecule has 6 heteroatoms. The lowest BCUT2D eigenvalue weighted by Gasteiger charge is -2.15. The summed E-state index contributed by atoms with van der Waals surface area (Å²) in [5.74, 6) is 0. The van der Waals surface area contributed by atoms with Crippen molar-refractivity contribution >= 4 is 5.69 Å². The summed E-state index contributed by atoms with van der Waals surface area (Å²) in [6.45, 7) is 2.06. The zero-order chi connectivity index (χ0) is 13.1. The van der Waals surface area contributed by atoms with Gasteiger partial charge in [0.25, 0.3) is 0 Å². The van der Waals surface area contributed by atoms with Crippen LogP contribution in [0.15, 0.2) is 18.2 Å². The van der Waals surface area contributed by atoms with Gasteiger partial charge >= 0.3 is 6.18 Å². The first-order valence-electron chi connectivity index (χ1n) is 4.96. The lowest BCUT2D eigenvalue weighted by Crippen LogP contribution is -2.25. The van der Waals surface area contributed by atoms with Gasteiger partial charge in [0.2, 0.25) is 0 Å². The molecule has 0 heterocycles. The van der Waals surface area contributed by atoms with Crippen molar-refractivity contribution in [1.29, 1.82) is 5.26 Å². The Morgan fingerprint density at radius 2 is 2.12 bits per heavy atom. The summed E-state index contributed by atoms with van der Waals surface area (Å²) in [5.41, 5.74) is 4.34. The number of rotatable bonds is 3. The summed E-state index contributed by atoms with van der Waals surface area (Å²) in [4.78, 5) is 0. The molecule has 1 aromatic rings. The summed E-state index contributed by atoms with van der Waals surface area (Å²) < 4.78 is 37.9. The van der Waals surface area contributed by atoms with Gasteiger partial charge in [-0.05, 0) is 25.1 Å². The maximum atomic E-state index is 12.6. The van der Waals surface area contributed by atoms with Crippen LogP contribution in [0.1, 0.15) is 18.1 Å². The molecule has 92 valence electrons. The van der Waals surface area contributed by atoms with Crippen LogP contribution in [0, 0.1) is 11.3 Å². The molecule has 0 fully saturated rings. The van der Waals surface area contributed by atoms with Gasteiger partial charge in [-0.1, -0.05) is 0 Å². The number of hydrogen-bond acceptors (Lipinski definition) is 3. The Morgan fingerprint density at radius 1 is 1.47 bits per heavy atom. The van der Waals surface area contributed by atoms with Gasteiger partial charge < -0.3 is 11.1 Å². The van der Waals surface area contributed by atoms with Gasteiger partial charge in [0, 0.05) is 18.3 Å². The van der Waals surface area contributed by atoms with Crippen LogP contribution in [0.3, 0.4) is 0 Å². The van der Waals surface area contributed by atoms with Crippen LogP contribution in [0.4, 0.5) is 18.9 Å². The highest BCUT2D eigenvalue weighted by molar-refractivity contribution is 5.53. The quantitative estimate of drug-likeness (QED) is 0.856. The van der Waals surface area contributed by atoms with E-state index in [0.717, 1.165) is 12.1 Å². The van der Waals surface area contributed by atoms with Crippen molar-refractivity contribution in [3.63, 3.8) is 0 Å². The molecule has 0 amide bonds. The number of alkyl halides is 3. The molecule has 0 aliphatic carbocycles. The van der Waals surface area contributed by atoms with E-state index in [1.54, 1.807) is 6.92 Å². The van der Waals surface area contributed by atoms with E-state index in [0.29, 0.717) is 12.2 Å². The Hall–Kier alpha value is -1.74. The number of nitriles is 1. The number of halogens is 3. The van der Waals surface area contributed by atoms with Crippen molar-refractivity contribution in [2.24, 2.45) is 5.73 Å². The fourth-order valence-electron chi connectivity index (χ4n) is 1.31. The number of nitrogens with two attached hydrogens (primary N) is 1. The molecule has 1 atom stereocenters. The van der Waals surface area contributed by atoms with Crippen LogP contribution in [0.25, 0.3) is 0 Å². The van der Waals surface area contributed by atoms with Gasteiger partial charge in [0.15, 0.2) is 0 Å². The molecule has 0 saturated carbocycles. The number of hydrogen-bond donors (Lipinski definition) is 2. The SMILES string of the molecule is CC(CN)Nc1ccc(C#N)c(C(F)(F)F)c1. The number of benzene rings is 1. The molecule has 0 aliphatic heterocycles. The first-order valence-corrected chi connectivity index (χ1v) is 4.96. The maximum Gasteiger partial charge on any atom is 0.417 e. The first kappa shape index (κ1) is 13.3. The van der Waals surface area contributed by atoms with Crippen molar-refractivity contribution < 1.29 is 13.2 Å². The minimum Gasteiger partial charge on any atom is -0.381 e. The van der Waals surface area contributed by atoms with Gasteiger partial charge in [0.05, 0.1) is 17.2 Å². The van der Waals surface area contributed by atoms with Crippen LogP contribution in [-0.2, 0) is 6.18 Å². The molecule has 0 bridgehead atoms. The fraction of sp³-hybridized carbons (Fsp3) is 0.364. The molecular formula is C11H12F3N3. The first-order chi connectivity index (χ1) is 7.88. The standard InChI is InChI=1S/C11H12F3N3/c1-7(5-15)17-9-3-2-8(6-16)10(4-9)11(12,13)14/h2-4,7,17H,5,15H2,1H3. The van der Waals surface area contributed by atoms with Crippen LogP contribution < -0.4 is 11.1 Å². The highest BCUT2D eigenvalue weighted by Crippen LogP contribution is 2.33. The van der Waals surface area contributed by atoms with Gasteiger partial charge in [-0.25, -0.2) is 0 Å². The summed E-state index contributed by atoms with van der Waals surface area (Å²) in [6, 6.07) is 4.89. The summed E-state index contributed by atoms with van der Waals surface area (Å²) in [5, 5.41) is 11.4. The Kier molecular flexibility index (Phi) is 3.97. The van der Waals surface area contributed by atoms with Crippen molar-refractivity contribution in [3.05, 3.63) is 29.3 Å². The van der Waals surface area contributed by atoms with Gasteiger partial charge in [-0.2, -0.15) is 18.4 Å². The number of nitrogens with zero attached hydrogens (tertiary/aromatic N) is 1. The van der Waals surface area contributed by atoms with Crippen LogP contribution in [0.2, 0.25) is 0 Å². The maximum absolute atomic E-state index is 12.6. The third kappa shape index (κ3) is 3.36. The number of nitrogens with one attached hydrogen (secondary N) is 1. The summed E-state index contributed by atoms with van der Waals surface area (Å²) >= 11 is 0. The van der Waals surface area contributed by atoms with E-state index in [1.165, 1.54) is 12.1 Å². The molecule has 3 nitrogen and oxygen atoms in total. The molecule has 0 aliphatic rings. The monoisotopic (exact) mass is 243 g/mol. The molecule has 17 heavy (non-hydrogen) atoms. The second-order valence-corrected chi connectivity index (χ2v) is 3.65. The molecule has 0 saturated heterocycles. The lowest BCUT2D eigenvalue weighted by atomic mass is 10.1. The second-order valence-electron chi connectivity index (χ2n) is 3.65. The molecule has 1 unspecified atom stereocenters. The molecule has 1 aromatic carbocycles. The Bertz CT molecular complexity index is 435. The van der Waals surface area contributed by atoms with E-state index in [-0.39, 0.29) is 11.6 Å². The lowest BCUT2D eigenvalue weighted by molar-refractivity contribution is -0.137. The topological polar surface area (TPSA) is 61.8 Å². The minimum atomic E-state index is -4.53. The predicted octanol–water partition coefficient (Wildman–Crippen LogP) is 2.34. The molecular weight excluding hydrogens is 231 g/mol. The highest BCUT2D eigenvalue weighted by atomic mass is 19.4. The van der Waals surface area contributed by atoms with Crippen molar-refractivity contribution in [1.82, 2.24) is 0 Å². The average Bonchev–Trinajstić information content (AvgIpc) is 2.27. The second kappa shape index (κ2) is 5.06. The predicted molar refractivity (Wildman–Crippen MR) is 58.3 cm³/mol. The average molecular weight is 243 g/mol. The number of anilines is 1. The highest BCUT2D eigenvalue weighted by Gasteiger charge is 2.33. The third-order valence-corrected chi connectivity index (χ3v) is 2.21. The van der Waals surface area contributed by atoms with Gasteiger partial charge in [-0.15, -0.1) is 0 Å². The molecule has 0 aromatic heterocycles. The molecule has 0 spiro atoms. The van der Waals surface area contributed by atoms with Crippen molar-refractivity contribution in [2.75, 3.05) is 11.9 Å². The van der Waals surface area contributed by atoms with E-state index >= 15 is 0 Å². The van der Waals surface area contributed by atoms with E-state index in [4.69, 9.17) is 11.0 Å². The molecule has 1 rings (SSSR count). The smallest absolute Gasteiger partial charge is 0.381 e. The van der Waals surface area contributed by atoms with Crippen LogP contribution in [0.5, 0.6) is 0 Å². The molecule has 3 N–H and O–H groups in total. The van der Waals surface area contributed by atoms with E-state index in [9.17, 15) is 13.2 Å². The van der Waals surface area contributed by atoms with Crippen molar-refractivity contribution in [2.45, 2.75) is 19.1 Å². The summed E-state index contributed by atoms with van der Waals surface area (Å²) in [7, 11) is 0. The fourth-order valence-corrected chi connectivity index (χ4v) is 1.31. The molecule has 0 radical (unpaired) electrons. The largest absolute Gasteiger partial charge is 0.417 e. The van der Waals surface area contributed by atoms with Gasteiger partial charge in [0.1, 0.15) is 0 Å². The van der Waals surface area contributed by atoms with Gasteiger partial charge in [-0.3, -0.25) is 0 Å². The Balaban J connectivity index is 3.11. The summed E-state index contributed by atoms with van der Waals surface area (Å²) in [6.07, 6.45) is -4.53. The van der Waals surface area contributed by atoms with Crippen LogP contribution in [-0.4, -0.2) is 12.6 Å². The normalized spacial score (nSPS) is 12.9. The Labute approximate surface area is 97.0 Å².